The van der Waals surface area contributed by atoms with Crippen molar-refractivity contribution in [2.75, 3.05) is 0 Å². The van der Waals surface area contributed by atoms with Crippen molar-refractivity contribution in [2.45, 2.75) is 27.2 Å². The Labute approximate surface area is 84.5 Å². The summed E-state index contributed by atoms with van der Waals surface area (Å²) in [5, 5.41) is 19.1. The lowest BCUT2D eigenvalue weighted by atomic mass is 10.1. The number of phenolic OH excluding ortho intramolecular Hbond substituents is 2. The summed E-state index contributed by atoms with van der Waals surface area (Å²) in [4.78, 5) is 0. The van der Waals surface area contributed by atoms with Crippen LogP contribution in [0.15, 0.2) is 17.7 Å². The van der Waals surface area contributed by atoms with Gasteiger partial charge in [-0.1, -0.05) is 11.6 Å². The predicted octanol–water partition coefficient (Wildman–Crippen LogP) is 2.72. The molecule has 0 aliphatic carbocycles. The minimum Gasteiger partial charge on any atom is -0.508 e. The van der Waals surface area contributed by atoms with E-state index in [2.05, 4.69) is 6.07 Å². The van der Waals surface area contributed by atoms with Gasteiger partial charge >= 0.3 is 0 Å². The molecule has 1 aromatic rings. The van der Waals surface area contributed by atoms with Crippen molar-refractivity contribution < 1.29 is 10.2 Å². The van der Waals surface area contributed by atoms with E-state index in [1.165, 1.54) is 0 Å². The second-order valence-electron chi connectivity index (χ2n) is 3.65. The Morgan fingerprint density at radius 3 is 2.57 bits per heavy atom. The van der Waals surface area contributed by atoms with Crippen LogP contribution in [0.25, 0.3) is 0 Å². The van der Waals surface area contributed by atoms with Crippen LogP contribution in [0.3, 0.4) is 0 Å². The molecule has 0 unspecified atom stereocenters. The molecule has 0 atom stereocenters. The van der Waals surface area contributed by atoms with E-state index in [1.807, 2.05) is 19.9 Å². The molecule has 1 radical (unpaired) electrons. The lowest BCUT2D eigenvalue weighted by Crippen LogP contribution is -1.87. The lowest BCUT2D eigenvalue weighted by Gasteiger charge is -2.05. The van der Waals surface area contributed by atoms with E-state index in [-0.39, 0.29) is 11.5 Å². The molecule has 2 nitrogen and oxygen atoms in total. The topological polar surface area (TPSA) is 40.5 Å². The summed E-state index contributed by atoms with van der Waals surface area (Å²) < 4.78 is 0. The smallest absolute Gasteiger partial charge is 0.131 e. The van der Waals surface area contributed by atoms with Crippen LogP contribution in [0, 0.1) is 13.0 Å². The molecule has 14 heavy (non-hydrogen) atoms. The summed E-state index contributed by atoms with van der Waals surface area (Å²) in [5.41, 5.74) is 2.43. The number of benzene rings is 1. The summed E-state index contributed by atoms with van der Waals surface area (Å²) in [6.07, 6.45) is 2.49. The summed E-state index contributed by atoms with van der Waals surface area (Å²) in [7, 11) is 0. The zero-order valence-electron chi connectivity index (χ0n) is 8.76. The van der Waals surface area contributed by atoms with E-state index in [0.717, 1.165) is 11.1 Å². The van der Waals surface area contributed by atoms with Crippen LogP contribution in [0.2, 0.25) is 0 Å². The number of rotatable bonds is 2. The molecule has 0 fully saturated rings. The van der Waals surface area contributed by atoms with Gasteiger partial charge in [0.15, 0.2) is 0 Å². The van der Waals surface area contributed by atoms with Crippen molar-refractivity contribution in [3.8, 4) is 11.5 Å². The standard InChI is InChI=1S/C12H15O2/c1-8(2)4-5-10-11(13)6-9(3)7-12(10)14/h4,6,13-14H,5H2,1-3H3. The molecule has 2 N–H and O–H groups in total. The van der Waals surface area contributed by atoms with E-state index in [0.29, 0.717) is 12.0 Å². The molecule has 0 saturated carbocycles. The summed E-state index contributed by atoms with van der Waals surface area (Å²) >= 11 is 0. The molecule has 1 aromatic carbocycles. The fraction of sp³-hybridized carbons (Fsp3) is 0.333. The first-order chi connectivity index (χ1) is 6.50. The third-order valence-corrected chi connectivity index (χ3v) is 1.98. The molecule has 75 valence electrons. The number of aryl methyl sites for hydroxylation is 1. The Morgan fingerprint density at radius 2 is 2.07 bits per heavy atom. The zero-order chi connectivity index (χ0) is 10.7. The molecule has 0 saturated heterocycles. The van der Waals surface area contributed by atoms with E-state index >= 15 is 0 Å². The van der Waals surface area contributed by atoms with Gasteiger partial charge in [0.2, 0.25) is 0 Å². The lowest BCUT2D eigenvalue weighted by molar-refractivity contribution is 0.439. The van der Waals surface area contributed by atoms with Gasteiger partial charge in [-0.3, -0.25) is 0 Å². The van der Waals surface area contributed by atoms with Crippen LogP contribution < -0.4 is 0 Å². The first kappa shape index (κ1) is 10.6. The van der Waals surface area contributed by atoms with Crippen LogP contribution >= 0.6 is 0 Å². The number of phenols is 2. The average Bonchev–Trinajstić information content (AvgIpc) is 2.01. The highest BCUT2D eigenvalue weighted by Gasteiger charge is 2.06. The second-order valence-corrected chi connectivity index (χ2v) is 3.65. The molecule has 0 amide bonds. The number of allylic oxidation sites excluding steroid dienone is 2. The van der Waals surface area contributed by atoms with Gasteiger partial charge in [-0.15, -0.1) is 0 Å². The van der Waals surface area contributed by atoms with Crippen molar-refractivity contribution in [1.82, 2.24) is 0 Å². The van der Waals surface area contributed by atoms with Gasteiger partial charge in [-0.25, -0.2) is 0 Å². The Morgan fingerprint density at radius 1 is 1.43 bits per heavy atom. The molecular formula is C12H15O2. The van der Waals surface area contributed by atoms with Crippen LogP contribution in [-0.4, -0.2) is 10.2 Å². The van der Waals surface area contributed by atoms with Gasteiger partial charge in [-0.05, 0) is 38.8 Å². The highest BCUT2D eigenvalue weighted by atomic mass is 16.3. The van der Waals surface area contributed by atoms with E-state index in [9.17, 15) is 10.2 Å². The third-order valence-electron chi connectivity index (χ3n) is 1.98. The Bertz CT molecular complexity index is 338. The second kappa shape index (κ2) is 4.18. The van der Waals surface area contributed by atoms with Gasteiger partial charge in [0.25, 0.3) is 0 Å². The summed E-state index contributed by atoms with van der Waals surface area (Å²) in [5.74, 6) is 0.177. The van der Waals surface area contributed by atoms with Crippen molar-refractivity contribution in [2.24, 2.45) is 0 Å². The Balaban J connectivity index is 3.03. The number of hydrogen-bond acceptors (Lipinski definition) is 2. The average molecular weight is 191 g/mol. The van der Waals surface area contributed by atoms with Crippen LogP contribution in [-0.2, 0) is 6.42 Å². The summed E-state index contributed by atoms with van der Waals surface area (Å²) in [6.45, 7) is 5.74. The molecule has 0 heterocycles. The largest absolute Gasteiger partial charge is 0.508 e. The normalized spacial score (nSPS) is 9.93. The number of hydrogen-bond donors (Lipinski definition) is 2. The number of aromatic hydroxyl groups is 2. The van der Waals surface area contributed by atoms with E-state index in [4.69, 9.17) is 0 Å². The maximum atomic E-state index is 9.58. The quantitative estimate of drug-likeness (QED) is 0.705. The van der Waals surface area contributed by atoms with Gasteiger partial charge in [0, 0.05) is 11.6 Å². The van der Waals surface area contributed by atoms with E-state index in [1.54, 1.807) is 13.0 Å². The first-order valence-corrected chi connectivity index (χ1v) is 4.58. The van der Waals surface area contributed by atoms with Gasteiger partial charge in [0.1, 0.15) is 11.5 Å². The molecule has 0 aliphatic rings. The molecule has 1 rings (SSSR count). The predicted molar refractivity (Wildman–Crippen MR) is 56.5 cm³/mol. The molecule has 0 aliphatic heterocycles. The van der Waals surface area contributed by atoms with Crippen molar-refractivity contribution in [1.29, 1.82) is 0 Å². The van der Waals surface area contributed by atoms with Crippen molar-refractivity contribution in [3.63, 3.8) is 0 Å². The maximum Gasteiger partial charge on any atom is 0.131 e. The Kier molecular flexibility index (Phi) is 3.18. The minimum absolute atomic E-state index is 0.0417. The fourth-order valence-corrected chi connectivity index (χ4v) is 1.22. The minimum atomic E-state index is 0.0417. The first-order valence-electron chi connectivity index (χ1n) is 4.58. The van der Waals surface area contributed by atoms with Crippen molar-refractivity contribution in [3.05, 3.63) is 34.9 Å². The highest BCUT2D eigenvalue weighted by molar-refractivity contribution is 5.46. The molecule has 2 heteroatoms. The summed E-state index contributed by atoms with van der Waals surface area (Å²) in [6, 6.07) is 4.37. The monoisotopic (exact) mass is 191 g/mol. The van der Waals surface area contributed by atoms with Crippen LogP contribution in [0.4, 0.5) is 0 Å². The van der Waals surface area contributed by atoms with Gasteiger partial charge in [-0.2, -0.15) is 0 Å². The molecule has 0 bridgehead atoms. The zero-order valence-corrected chi connectivity index (χ0v) is 8.76. The van der Waals surface area contributed by atoms with Crippen molar-refractivity contribution >= 4 is 0 Å². The molecule has 0 spiro atoms. The van der Waals surface area contributed by atoms with Crippen LogP contribution in [0.5, 0.6) is 11.5 Å². The highest BCUT2D eigenvalue weighted by Crippen LogP contribution is 2.28. The van der Waals surface area contributed by atoms with Crippen LogP contribution in [0.1, 0.15) is 25.0 Å². The van der Waals surface area contributed by atoms with Gasteiger partial charge in [0.05, 0.1) is 0 Å². The fourth-order valence-electron chi connectivity index (χ4n) is 1.22. The maximum absolute atomic E-state index is 9.58. The molecule has 0 aromatic heterocycles. The SMILES string of the molecule is CC(C)=CCc1c(O)[c]c(C)cc1O. The van der Waals surface area contributed by atoms with E-state index < -0.39 is 0 Å². The third kappa shape index (κ3) is 2.52. The van der Waals surface area contributed by atoms with Gasteiger partial charge < -0.3 is 10.2 Å². The Hall–Kier alpha value is -1.44. The molecular weight excluding hydrogens is 176 g/mol.